The van der Waals surface area contributed by atoms with Crippen LogP contribution in [0.3, 0.4) is 0 Å². The summed E-state index contributed by atoms with van der Waals surface area (Å²) in [5.74, 6) is 0. The Morgan fingerprint density at radius 1 is 0.462 bits per heavy atom. The Balaban J connectivity index is 0.00000199. The number of rotatable bonds is 29. The summed E-state index contributed by atoms with van der Waals surface area (Å²) in [7, 11) is -4.02. The van der Waals surface area contributed by atoms with E-state index in [1.165, 1.54) is 12.1 Å². The standard InChI is InChI=1S/C30H62O11.C7H8O3S/c1-21(32)12-33-23(3)14-35-25(5)16-37-27(7)18-39-29(9)20-41-30(10)19-40-28(8)17-38-26(6)15-36-24(4)13-34-22(2)11-31;1-6-2-4-7(5-3-6)11(8,9)10/h21-32H,11-20H2,1-10H3;2-5H,1H3,(H,8,9,10). The second-order valence-corrected chi connectivity index (χ2v) is 15.0. The molecule has 15 heteroatoms. The minimum atomic E-state index is -4.02. The van der Waals surface area contributed by atoms with Gasteiger partial charge in [-0.2, -0.15) is 8.42 Å². The molecule has 0 aliphatic heterocycles. The molecule has 1 aromatic carbocycles. The van der Waals surface area contributed by atoms with Gasteiger partial charge in [0, 0.05) is 0 Å². The van der Waals surface area contributed by atoms with E-state index in [-0.39, 0.29) is 66.4 Å². The maximum atomic E-state index is 10.5. The number of ether oxygens (including phenoxy) is 9. The molecule has 0 bridgehead atoms. The molecular formula is C37H70O14S. The van der Waals surface area contributed by atoms with Crippen molar-refractivity contribution >= 4 is 10.1 Å². The lowest BCUT2D eigenvalue weighted by molar-refractivity contribution is -0.111. The summed E-state index contributed by atoms with van der Waals surface area (Å²) in [5.41, 5.74) is 0.956. The van der Waals surface area contributed by atoms with E-state index in [4.69, 9.17) is 52.3 Å². The SMILES string of the molecule is CC(O)COC(C)COC(C)COC(C)COC(C)COC(C)COC(C)COC(C)COC(C)COC(C)CO.Cc1ccc(S(=O)(=O)O)cc1. The van der Waals surface area contributed by atoms with Crippen LogP contribution in [-0.4, -0.2) is 150 Å². The summed E-state index contributed by atoms with van der Waals surface area (Å²) >= 11 is 0. The monoisotopic (exact) mass is 770 g/mol. The van der Waals surface area contributed by atoms with Crippen molar-refractivity contribution in [1.29, 1.82) is 0 Å². The number of benzene rings is 1. The van der Waals surface area contributed by atoms with Crippen molar-refractivity contribution in [3.8, 4) is 0 Å². The van der Waals surface area contributed by atoms with Gasteiger partial charge in [-0.25, -0.2) is 0 Å². The number of hydrogen-bond acceptors (Lipinski definition) is 13. The van der Waals surface area contributed by atoms with E-state index in [1.54, 1.807) is 19.1 Å². The van der Waals surface area contributed by atoms with Crippen LogP contribution in [0.2, 0.25) is 0 Å². The Kier molecular flexibility index (Phi) is 28.3. The maximum absolute atomic E-state index is 10.5. The van der Waals surface area contributed by atoms with Crippen LogP contribution in [0, 0.1) is 6.92 Å². The first kappa shape index (κ1) is 50.7. The summed E-state index contributed by atoms with van der Waals surface area (Å²) in [4.78, 5) is -0.0666. The average Bonchev–Trinajstić information content (AvgIpc) is 3.09. The Hall–Kier alpha value is -1.31. The lowest BCUT2D eigenvalue weighted by atomic mass is 10.2. The normalized spacial score (nSPS) is 17.9. The van der Waals surface area contributed by atoms with Gasteiger partial charge in [-0.15, -0.1) is 0 Å². The van der Waals surface area contributed by atoms with Crippen molar-refractivity contribution in [2.24, 2.45) is 0 Å². The third-order valence-corrected chi connectivity index (χ3v) is 7.99. The lowest BCUT2D eigenvalue weighted by Gasteiger charge is -2.23. The average molecular weight is 771 g/mol. The van der Waals surface area contributed by atoms with Gasteiger partial charge in [0.1, 0.15) is 0 Å². The second kappa shape index (κ2) is 29.0. The summed E-state index contributed by atoms with van der Waals surface area (Å²) in [6, 6.07) is 5.99. The van der Waals surface area contributed by atoms with Crippen molar-refractivity contribution in [3.63, 3.8) is 0 Å². The Morgan fingerprint density at radius 2 is 0.692 bits per heavy atom. The van der Waals surface area contributed by atoms with Gasteiger partial charge in [0.25, 0.3) is 10.1 Å². The molecule has 0 spiro atoms. The topological polar surface area (TPSA) is 178 Å². The molecule has 1 rings (SSSR count). The zero-order valence-electron chi connectivity index (χ0n) is 33.4. The van der Waals surface area contributed by atoms with Crippen LogP contribution in [0.15, 0.2) is 29.2 Å². The third-order valence-electron chi connectivity index (χ3n) is 7.12. The van der Waals surface area contributed by atoms with Crippen molar-refractivity contribution in [1.82, 2.24) is 0 Å². The Labute approximate surface area is 313 Å². The van der Waals surface area contributed by atoms with Crippen molar-refractivity contribution in [2.75, 3.05) is 66.1 Å². The molecule has 0 heterocycles. The van der Waals surface area contributed by atoms with Crippen LogP contribution in [0.1, 0.15) is 74.8 Å². The highest BCUT2D eigenvalue weighted by molar-refractivity contribution is 7.85. The maximum Gasteiger partial charge on any atom is 0.294 e. The summed E-state index contributed by atoms with van der Waals surface area (Å²) in [5, 5.41) is 18.3. The molecule has 52 heavy (non-hydrogen) atoms. The number of aryl methyl sites for hydroxylation is 1. The molecule has 10 atom stereocenters. The van der Waals surface area contributed by atoms with Crippen LogP contribution in [0.5, 0.6) is 0 Å². The van der Waals surface area contributed by atoms with E-state index >= 15 is 0 Å². The number of hydrogen-bond donors (Lipinski definition) is 3. The van der Waals surface area contributed by atoms with Gasteiger partial charge in [-0.3, -0.25) is 4.55 Å². The minimum absolute atomic E-state index is 0.00335. The highest BCUT2D eigenvalue weighted by Gasteiger charge is 2.15. The summed E-state index contributed by atoms with van der Waals surface area (Å²) in [6.45, 7) is 24.9. The molecule has 0 aliphatic carbocycles. The van der Waals surface area contributed by atoms with Crippen molar-refractivity contribution in [3.05, 3.63) is 29.8 Å². The molecule has 308 valence electrons. The molecule has 14 nitrogen and oxygen atoms in total. The van der Waals surface area contributed by atoms with Gasteiger partial charge in [0.2, 0.25) is 0 Å². The smallest absolute Gasteiger partial charge is 0.294 e. The molecule has 3 N–H and O–H groups in total. The number of aliphatic hydroxyl groups excluding tert-OH is 2. The van der Waals surface area contributed by atoms with E-state index < -0.39 is 16.2 Å². The molecule has 0 fully saturated rings. The van der Waals surface area contributed by atoms with Crippen LogP contribution >= 0.6 is 0 Å². The summed E-state index contributed by atoms with van der Waals surface area (Å²) in [6.07, 6.45) is -1.29. The van der Waals surface area contributed by atoms with Gasteiger partial charge in [-0.1, -0.05) is 17.7 Å². The zero-order chi connectivity index (χ0) is 39.7. The fourth-order valence-corrected chi connectivity index (χ4v) is 4.33. The fourth-order valence-electron chi connectivity index (χ4n) is 3.85. The van der Waals surface area contributed by atoms with Crippen LogP contribution in [-0.2, 0) is 52.7 Å². The zero-order valence-corrected chi connectivity index (χ0v) is 34.2. The molecule has 0 aliphatic rings. The Morgan fingerprint density at radius 3 is 0.904 bits per heavy atom. The lowest BCUT2D eigenvalue weighted by Crippen LogP contribution is -2.30. The molecule has 0 aromatic heterocycles. The predicted octanol–water partition coefficient (Wildman–Crippen LogP) is 4.25. The van der Waals surface area contributed by atoms with Crippen molar-refractivity contribution in [2.45, 2.75) is 142 Å². The van der Waals surface area contributed by atoms with E-state index in [2.05, 4.69) is 0 Å². The van der Waals surface area contributed by atoms with Crippen LogP contribution < -0.4 is 0 Å². The largest absolute Gasteiger partial charge is 0.394 e. The number of aliphatic hydroxyl groups is 2. The van der Waals surface area contributed by atoms with E-state index in [1.807, 2.05) is 69.2 Å². The van der Waals surface area contributed by atoms with Gasteiger partial charge in [0.05, 0.1) is 132 Å². The molecular weight excluding hydrogens is 700 g/mol. The van der Waals surface area contributed by atoms with Gasteiger partial charge < -0.3 is 52.8 Å². The Bertz CT molecular complexity index is 1090. The highest BCUT2D eigenvalue weighted by Crippen LogP contribution is 2.09. The fraction of sp³-hybridized carbons (Fsp3) is 0.838. The first-order chi connectivity index (χ1) is 24.3. The molecule has 0 saturated carbocycles. The highest BCUT2D eigenvalue weighted by atomic mass is 32.2. The quantitative estimate of drug-likeness (QED) is 0.0986. The van der Waals surface area contributed by atoms with E-state index in [9.17, 15) is 13.5 Å². The minimum Gasteiger partial charge on any atom is -0.394 e. The molecule has 0 saturated heterocycles. The van der Waals surface area contributed by atoms with E-state index in [0.717, 1.165) is 5.56 Å². The molecule has 0 amide bonds. The van der Waals surface area contributed by atoms with Gasteiger partial charge >= 0.3 is 0 Å². The molecule has 1 aromatic rings. The third kappa shape index (κ3) is 29.1. The van der Waals surface area contributed by atoms with Gasteiger partial charge in [0.15, 0.2) is 0 Å². The second-order valence-electron chi connectivity index (χ2n) is 13.6. The van der Waals surface area contributed by atoms with Crippen LogP contribution in [0.4, 0.5) is 0 Å². The summed E-state index contributed by atoms with van der Waals surface area (Å²) < 4.78 is 81.3. The van der Waals surface area contributed by atoms with E-state index in [0.29, 0.717) is 59.5 Å². The van der Waals surface area contributed by atoms with Gasteiger partial charge in [-0.05, 0) is 88.3 Å². The molecule has 10 unspecified atom stereocenters. The predicted molar refractivity (Wildman–Crippen MR) is 198 cm³/mol. The van der Waals surface area contributed by atoms with Crippen LogP contribution in [0.25, 0.3) is 0 Å². The van der Waals surface area contributed by atoms with Crippen molar-refractivity contribution < 1.29 is 65.8 Å². The first-order valence-electron chi connectivity index (χ1n) is 18.2. The molecule has 0 radical (unpaired) electrons. The first-order valence-corrected chi connectivity index (χ1v) is 19.6.